The van der Waals surface area contributed by atoms with E-state index in [2.05, 4.69) is 20.6 Å². The summed E-state index contributed by atoms with van der Waals surface area (Å²) in [6, 6.07) is 5.35. The van der Waals surface area contributed by atoms with Crippen LogP contribution in [0.1, 0.15) is 19.3 Å². The molecule has 0 fully saturated rings. The summed E-state index contributed by atoms with van der Waals surface area (Å²) in [6.45, 7) is -0.112. The smallest absolute Gasteiger partial charge is 0.319 e. The summed E-state index contributed by atoms with van der Waals surface area (Å²) < 4.78 is 37.2. The van der Waals surface area contributed by atoms with Crippen molar-refractivity contribution in [3.05, 3.63) is 36.4 Å². The van der Waals surface area contributed by atoms with E-state index in [1.165, 1.54) is 12.4 Å². The van der Waals surface area contributed by atoms with Crippen LogP contribution in [0.15, 0.2) is 35.6 Å². The van der Waals surface area contributed by atoms with Crippen LogP contribution in [0.2, 0.25) is 0 Å². The molecule has 26 heavy (non-hydrogen) atoms. The van der Waals surface area contributed by atoms with Gasteiger partial charge in [0.2, 0.25) is 0 Å². The van der Waals surface area contributed by atoms with E-state index in [9.17, 15) is 8.78 Å². The highest BCUT2D eigenvalue weighted by molar-refractivity contribution is 14.0. The summed E-state index contributed by atoms with van der Waals surface area (Å²) in [4.78, 5) is 7.98. The zero-order valence-corrected chi connectivity index (χ0v) is 17.0. The molecular formula is C16H22F2IN5O2. The molecule has 0 atom stereocenters. The van der Waals surface area contributed by atoms with Crippen molar-refractivity contribution in [3.8, 4) is 11.5 Å². The second kappa shape index (κ2) is 10.8. The Morgan fingerprint density at radius 1 is 1.35 bits per heavy atom. The standard InChI is InChI=1S/C16H21F2N5O2.HI/c1-4-25-12-6-5-11(9-13(12)24-3)22-16(19-2)21-10-14-20-7-8-23(14)15(17)18;/h5-9,15H,4,10H2,1-3H3,(H2,19,21,22);1H. The van der Waals surface area contributed by atoms with Crippen molar-refractivity contribution < 1.29 is 18.3 Å². The monoisotopic (exact) mass is 481 g/mol. The summed E-state index contributed by atoms with van der Waals surface area (Å²) in [5, 5.41) is 6.01. The van der Waals surface area contributed by atoms with Gasteiger partial charge in [0.15, 0.2) is 17.5 Å². The molecule has 144 valence electrons. The van der Waals surface area contributed by atoms with E-state index in [0.717, 1.165) is 4.57 Å². The number of rotatable bonds is 7. The number of benzene rings is 1. The molecule has 10 heteroatoms. The second-order valence-electron chi connectivity index (χ2n) is 4.88. The van der Waals surface area contributed by atoms with Gasteiger partial charge in [0.05, 0.1) is 20.3 Å². The van der Waals surface area contributed by atoms with Crippen molar-refractivity contribution in [2.75, 3.05) is 26.1 Å². The number of nitrogens with one attached hydrogen (secondary N) is 2. The van der Waals surface area contributed by atoms with E-state index in [0.29, 0.717) is 29.8 Å². The third kappa shape index (κ3) is 5.71. The Morgan fingerprint density at radius 3 is 2.73 bits per heavy atom. The van der Waals surface area contributed by atoms with Crippen LogP contribution in [0.3, 0.4) is 0 Å². The fourth-order valence-corrected chi connectivity index (χ4v) is 2.16. The number of halogens is 3. The number of hydrogen-bond acceptors (Lipinski definition) is 4. The normalized spacial score (nSPS) is 11.1. The van der Waals surface area contributed by atoms with E-state index in [1.807, 2.05) is 6.92 Å². The number of imidazole rings is 1. The van der Waals surface area contributed by atoms with Gasteiger partial charge < -0.3 is 20.1 Å². The fourth-order valence-electron chi connectivity index (χ4n) is 2.16. The zero-order chi connectivity index (χ0) is 18.2. The predicted octanol–water partition coefficient (Wildman–Crippen LogP) is 3.49. The molecule has 0 radical (unpaired) electrons. The number of aliphatic imine (C=N–C) groups is 1. The van der Waals surface area contributed by atoms with Gasteiger partial charge in [-0.2, -0.15) is 8.78 Å². The SMILES string of the molecule is CCOc1ccc(NC(=NC)NCc2nccn2C(F)F)cc1OC.I. The zero-order valence-electron chi connectivity index (χ0n) is 14.7. The van der Waals surface area contributed by atoms with Crippen molar-refractivity contribution >= 4 is 35.6 Å². The van der Waals surface area contributed by atoms with Gasteiger partial charge in [0.1, 0.15) is 5.82 Å². The molecule has 2 rings (SSSR count). The van der Waals surface area contributed by atoms with Gasteiger partial charge in [0.25, 0.3) is 0 Å². The Balaban J connectivity index is 0.00000338. The van der Waals surface area contributed by atoms with E-state index < -0.39 is 6.55 Å². The first-order valence-corrected chi connectivity index (χ1v) is 7.67. The Labute approximate surface area is 167 Å². The van der Waals surface area contributed by atoms with Gasteiger partial charge in [0, 0.05) is 31.2 Å². The molecule has 0 aliphatic carbocycles. The minimum Gasteiger partial charge on any atom is -0.493 e. The lowest BCUT2D eigenvalue weighted by Gasteiger charge is -2.15. The first-order valence-electron chi connectivity index (χ1n) is 7.67. The summed E-state index contributed by atoms with van der Waals surface area (Å²) in [5.41, 5.74) is 0.714. The Kier molecular flexibility index (Phi) is 9.10. The lowest BCUT2D eigenvalue weighted by Crippen LogP contribution is -2.31. The molecule has 0 bridgehead atoms. The maximum absolute atomic E-state index is 12.8. The molecule has 2 aromatic rings. The maximum atomic E-state index is 12.8. The topological polar surface area (TPSA) is 72.7 Å². The van der Waals surface area contributed by atoms with Crippen molar-refractivity contribution in [1.29, 1.82) is 0 Å². The van der Waals surface area contributed by atoms with Crippen LogP contribution in [-0.4, -0.2) is 36.3 Å². The lowest BCUT2D eigenvalue weighted by atomic mass is 10.2. The highest BCUT2D eigenvalue weighted by Gasteiger charge is 2.12. The lowest BCUT2D eigenvalue weighted by molar-refractivity contribution is 0.0668. The highest BCUT2D eigenvalue weighted by atomic mass is 127. The van der Waals surface area contributed by atoms with Crippen LogP contribution in [-0.2, 0) is 6.54 Å². The number of guanidine groups is 1. The molecule has 1 heterocycles. The van der Waals surface area contributed by atoms with Crippen LogP contribution in [0.4, 0.5) is 14.5 Å². The molecule has 0 aliphatic rings. The number of hydrogen-bond donors (Lipinski definition) is 2. The number of alkyl halides is 2. The summed E-state index contributed by atoms with van der Waals surface area (Å²) in [6.07, 6.45) is 2.56. The molecule has 0 aliphatic heterocycles. The average molecular weight is 481 g/mol. The van der Waals surface area contributed by atoms with Gasteiger partial charge in [-0.3, -0.25) is 9.56 Å². The highest BCUT2D eigenvalue weighted by Crippen LogP contribution is 2.30. The van der Waals surface area contributed by atoms with E-state index in [-0.39, 0.29) is 36.3 Å². The van der Waals surface area contributed by atoms with Crippen LogP contribution in [0.5, 0.6) is 11.5 Å². The largest absolute Gasteiger partial charge is 0.493 e. The number of aromatic nitrogens is 2. The summed E-state index contributed by atoms with van der Waals surface area (Å²) in [7, 11) is 3.14. The molecule has 0 unspecified atom stereocenters. The third-order valence-electron chi connectivity index (χ3n) is 3.32. The predicted molar refractivity (Wildman–Crippen MR) is 107 cm³/mol. The number of nitrogens with zero attached hydrogens (tertiary/aromatic N) is 3. The first kappa shape index (κ1) is 21.9. The summed E-state index contributed by atoms with van der Waals surface area (Å²) in [5.74, 6) is 1.84. The van der Waals surface area contributed by atoms with Gasteiger partial charge in [-0.05, 0) is 19.1 Å². The Hall–Kier alpha value is -2.11. The van der Waals surface area contributed by atoms with Gasteiger partial charge in [-0.1, -0.05) is 0 Å². The second-order valence-corrected chi connectivity index (χ2v) is 4.88. The van der Waals surface area contributed by atoms with E-state index in [4.69, 9.17) is 9.47 Å². The van der Waals surface area contributed by atoms with Crippen LogP contribution in [0, 0.1) is 0 Å². The minimum atomic E-state index is -2.63. The minimum absolute atomic E-state index is 0. The first-order chi connectivity index (χ1) is 12.1. The van der Waals surface area contributed by atoms with E-state index >= 15 is 0 Å². The average Bonchev–Trinajstić information content (AvgIpc) is 3.08. The number of ether oxygens (including phenoxy) is 2. The van der Waals surface area contributed by atoms with E-state index in [1.54, 1.807) is 32.4 Å². The molecule has 0 amide bonds. The molecular weight excluding hydrogens is 459 g/mol. The van der Waals surface area contributed by atoms with Crippen molar-refractivity contribution in [1.82, 2.24) is 14.9 Å². The van der Waals surface area contributed by atoms with Crippen molar-refractivity contribution in [2.24, 2.45) is 4.99 Å². The Morgan fingerprint density at radius 2 is 2.12 bits per heavy atom. The molecule has 1 aromatic carbocycles. The number of anilines is 1. The van der Waals surface area contributed by atoms with Crippen molar-refractivity contribution in [3.63, 3.8) is 0 Å². The van der Waals surface area contributed by atoms with Crippen LogP contribution in [0.25, 0.3) is 0 Å². The molecule has 1 aromatic heterocycles. The fraction of sp³-hybridized carbons (Fsp3) is 0.375. The van der Waals surface area contributed by atoms with Crippen LogP contribution >= 0.6 is 24.0 Å². The molecule has 2 N–H and O–H groups in total. The third-order valence-corrected chi connectivity index (χ3v) is 3.32. The molecule has 0 spiro atoms. The molecule has 7 nitrogen and oxygen atoms in total. The van der Waals surface area contributed by atoms with Crippen molar-refractivity contribution in [2.45, 2.75) is 20.0 Å². The van der Waals surface area contributed by atoms with Gasteiger partial charge in [-0.15, -0.1) is 24.0 Å². The van der Waals surface area contributed by atoms with Crippen LogP contribution < -0.4 is 20.1 Å². The summed E-state index contributed by atoms with van der Waals surface area (Å²) >= 11 is 0. The maximum Gasteiger partial charge on any atom is 0.319 e. The molecule has 0 saturated carbocycles. The molecule has 0 saturated heterocycles. The Bertz CT molecular complexity index is 724. The van der Waals surface area contributed by atoms with Gasteiger partial charge in [-0.25, -0.2) is 4.98 Å². The van der Waals surface area contributed by atoms with Gasteiger partial charge >= 0.3 is 6.55 Å². The number of methoxy groups -OCH3 is 1. The quantitative estimate of drug-likeness (QED) is 0.360.